The van der Waals surface area contributed by atoms with Crippen LogP contribution in [-0.2, 0) is 11.3 Å². The van der Waals surface area contributed by atoms with Crippen molar-refractivity contribution >= 4 is 11.9 Å². The maximum atomic E-state index is 11.5. The third-order valence-electron chi connectivity index (χ3n) is 2.11. The first-order chi connectivity index (χ1) is 8.08. The molecule has 6 heteroatoms. The van der Waals surface area contributed by atoms with E-state index >= 15 is 0 Å². The van der Waals surface area contributed by atoms with Gasteiger partial charge in [0.05, 0.1) is 20.8 Å². The Morgan fingerprint density at radius 2 is 2.06 bits per heavy atom. The minimum Gasteiger partial charge on any atom is -0.496 e. The van der Waals surface area contributed by atoms with Crippen molar-refractivity contribution in [3.05, 3.63) is 29.3 Å². The zero-order valence-corrected chi connectivity index (χ0v) is 9.77. The Kier molecular flexibility index (Phi) is 4.33. The van der Waals surface area contributed by atoms with Crippen molar-refractivity contribution in [3.63, 3.8) is 0 Å². The maximum Gasteiger partial charge on any atom is 0.341 e. The highest BCUT2D eigenvalue weighted by Gasteiger charge is 2.13. The summed E-state index contributed by atoms with van der Waals surface area (Å²) >= 11 is 0. The summed E-state index contributed by atoms with van der Waals surface area (Å²) in [5.41, 5.74) is 11.6. The number of esters is 1. The summed E-state index contributed by atoms with van der Waals surface area (Å²) in [5.74, 6) is -0.0147. The van der Waals surface area contributed by atoms with E-state index in [4.69, 9.17) is 16.2 Å². The molecular weight excluding hydrogens is 222 g/mol. The highest BCUT2D eigenvalue weighted by Crippen LogP contribution is 2.21. The van der Waals surface area contributed by atoms with E-state index in [-0.39, 0.29) is 5.96 Å². The minimum absolute atomic E-state index is 0.000404. The molecule has 1 rings (SSSR count). The normalized spacial score (nSPS) is 9.53. The number of guanidine groups is 1. The molecule has 0 heterocycles. The van der Waals surface area contributed by atoms with Crippen molar-refractivity contribution in [2.45, 2.75) is 6.54 Å². The molecule has 0 aliphatic heterocycles. The Morgan fingerprint density at radius 3 is 2.59 bits per heavy atom. The predicted octanol–water partition coefficient (Wildman–Crippen LogP) is 0.255. The number of carbonyl (C=O) groups is 1. The van der Waals surface area contributed by atoms with Gasteiger partial charge in [0.15, 0.2) is 5.96 Å². The van der Waals surface area contributed by atoms with Gasteiger partial charge in [-0.25, -0.2) is 9.79 Å². The number of aliphatic imine (C=N–C) groups is 1. The van der Waals surface area contributed by atoms with E-state index in [1.54, 1.807) is 18.2 Å². The SMILES string of the molecule is COC(=O)c1cc(CN=C(N)N)ccc1OC. The third-order valence-corrected chi connectivity index (χ3v) is 2.11. The van der Waals surface area contributed by atoms with Gasteiger partial charge < -0.3 is 20.9 Å². The van der Waals surface area contributed by atoms with E-state index < -0.39 is 5.97 Å². The molecule has 0 fully saturated rings. The van der Waals surface area contributed by atoms with E-state index in [0.29, 0.717) is 17.9 Å². The molecule has 6 nitrogen and oxygen atoms in total. The predicted molar refractivity (Wildman–Crippen MR) is 63.8 cm³/mol. The zero-order chi connectivity index (χ0) is 12.8. The minimum atomic E-state index is -0.464. The van der Waals surface area contributed by atoms with E-state index in [0.717, 1.165) is 5.56 Å². The Bertz CT molecular complexity index is 440. The molecule has 0 spiro atoms. The van der Waals surface area contributed by atoms with E-state index in [2.05, 4.69) is 9.73 Å². The summed E-state index contributed by atoms with van der Waals surface area (Å²) in [6, 6.07) is 5.08. The summed E-state index contributed by atoms with van der Waals surface area (Å²) in [6.45, 7) is 0.302. The number of methoxy groups -OCH3 is 2. The maximum absolute atomic E-state index is 11.5. The standard InChI is InChI=1S/C11H15N3O3/c1-16-9-4-3-7(6-14-11(12)13)5-8(9)10(15)17-2/h3-5H,6H2,1-2H3,(H4,12,13,14). The molecule has 0 saturated carbocycles. The number of ether oxygens (including phenoxy) is 2. The van der Waals surface area contributed by atoms with Crippen LogP contribution in [0.2, 0.25) is 0 Å². The first kappa shape index (κ1) is 12.8. The van der Waals surface area contributed by atoms with Gasteiger partial charge in [0.2, 0.25) is 0 Å². The molecule has 17 heavy (non-hydrogen) atoms. The first-order valence-electron chi connectivity index (χ1n) is 4.89. The number of hydrogen-bond acceptors (Lipinski definition) is 4. The molecule has 4 N–H and O–H groups in total. The van der Waals surface area contributed by atoms with Crippen molar-refractivity contribution in [1.29, 1.82) is 0 Å². The molecule has 92 valence electrons. The fourth-order valence-electron chi connectivity index (χ4n) is 1.31. The van der Waals surface area contributed by atoms with Gasteiger partial charge in [-0.3, -0.25) is 0 Å². The molecule has 1 aromatic rings. The third kappa shape index (κ3) is 3.37. The lowest BCUT2D eigenvalue weighted by Crippen LogP contribution is -2.22. The van der Waals surface area contributed by atoms with Crippen LogP contribution >= 0.6 is 0 Å². The number of nitrogens with two attached hydrogens (primary N) is 2. The Labute approximate surface area is 99.2 Å². The van der Waals surface area contributed by atoms with Gasteiger partial charge in [-0.15, -0.1) is 0 Å². The van der Waals surface area contributed by atoms with Crippen LogP contribution in [0.25, 0.3) is 0 Å². The number of hydrogen-bond donors (Lipinski definition) is 2. The van der Waals surface area contributed by atoms with E-state index in [9.17, 15) is 4.79 Å². The molecule has 0 unspecified atom stereocenters. The van der Waals surface area contributed by atoms with Crippen LogP contribution in [0.15, 0.2) is 23.2 Å². The summed E-state index contributed by atoms with van der Waals surface area (Å²) < 4.78 is 9.72. The van der Waals surface area contributed by atoms with Crippen molar-refractivity contribution in [2.24, 2.45) is 16.5 Å². The van der Waals surface area contributed by atoms with Gasteiger partial charge in [-0.05, 0) is 17.7 Å². The fourth-order valence-corrected chi connectivity index (χ4v) is 1.31. The van der Waals surface area contributed by atoms with Crippen molar-refractivity contribution < 1.29 is 14.3 Å². The van der Waals surface area contributed by atoms with Gasteiger partial charge in [-0.2, -0.15) is 0 Å². The Morgan fingerprint density at radius 1 is 1.35 bits per heavy atom. The molecule has 0 aliphatic rings. The lowest BCUT2D eigenvalue weighted by Gasteiger charge is -2.08. The van der Waals surface area contributed by atoms with Crippen LogP contribution in [0.3, 0.4) is 0 Å². The largest absolute Gasteiger partial charge is 0.496 e. The van der Waals surface area contributed by atoms with Gasteiger partial charge >= 0.3 is 5.97 Å². The zero-order valence-electron chi connectivity index (χ0n) is 9.77. The molecule has 1 aromatic carbocycles. The number of carbonyl (C=O) groups excluding carboxylic acids is 1. The molecule has 0 aliphatic carbocycles. The molecule has 0 bridgehead atoms. The summed E-state index contributed by atoms with van der Waals surface area (Å²) in [7, 11) is 2.79. The van der Waals surface area contributed by atoms with Crippen LogP contribution in [0.5, 0.6) is 5.75 Å². The van der Waals surface area contributed by atoms with Crippen molar-refractivity contribution in [3.8, 4) is 5.75 Å². The van der Waals surface area contributed by atoms with Crippen LogP contribution in [0, 0.1) is 0 Å². The molecule has 0 radical (unpaired) electrons. The lowest BCUT2D eigenvalue weighted by molar-refractivity contribution is 0.0597. The van der Waals surface area contributed by atoms with E-state index in [1.807, 2.05) is 0 Å². The lowest BCUT2D eigenvalue weighted by atomic mass is 10.1. The van der Waals surface area contributed by atoms with Gasteiger partial charge in [0.1, 0.15) is 11.3 Å². The smallest absolute Gasteiger partial charge is 0.341 e. The highest BCUT2D eigenvalue weighted by atomic mass is 16.5. The average molecular weight is 237 g/mol. The van der Waals surface area contributed by atoms with Crippen LogP contribution in [-0.4, -0.2) is 26.1 Å². The number of benzene rings is 1. The number of rotatable bonds is 4. The second-order valence-electron chi connectivity index (χ2n) is 3.27. The fraction of sp³-hybridized carbons (Fsp3) is 0.273. The summed E-state index contributed by atoms with van der Waals surface area (Å²) in [5, 5.41) is 0. The topological polar surface area (TPSA) is 99.9 Å². The van der Waals surface area contributed by atoms with Crippen LogP contribution in [0.4, 0.5) is 0 Å². The van der Waals surface area contributed by atoms with Gasteiger partial charge in [-0.1, -0.05) is 6.07 Å². The van der Waals surface area contributed by atoms with Crippen LogP contribution in [0.1, 0.15) is 15.9 Å². The quantitative estimate of drug-likeness (QED) is 0.444. The van der Waals surface area contributed by atoms with Crippen LogP contribution < -0.4 is 16.2 Å². The highest BCUT2D eigenvalue weighted by molar-refractivity contribution is 5.92. The monoisotopic (exact) mass is 237 g/mol. The second-order valence-corrected chi connectivity index (χ2v) is 3.27. The molecule has 0 aromatic heterocycles. The second kappa shape index (κ2) is 5.74. The summed E-state index contributed by atoms with van der Waals surface area (Å²) in [6.07, 6.45) is 0. The van der Waals surface area contributed by atoms with E-state index in [1.165, 1.54) is 14.2 Å². The van der Waals surface area contributed by atoms with Gasteiger partial charge in [0, 0.05) is 0 Å². The number of nitrogens with zero attached hydrogens (tertiary/aromatic N) is 1. The molecule has 0 amide bonds. The van der Waals surface area contributed by atoms with Crippen molar-refractivity contribution in [1.82, 2.24) is 0 Å². The molecule has 0 atom stereocenters. The average Bonchev–Trinajstić information content (AvgIpc) is 2.34. The first-order valence-corrected chi connectivity index (χ1v) is 4.89. The molecule has 0 saturated heterocycles. The Balaban J connectivity index is 3.04. The Hall–Kier alpha value is -2.24. The van der Waals surface area contributed by atoms with Crippen molar-refractivity contribution in [2.75, 3.05) is 14.2 Å². The molecular formula is C11H15N3O3. The summed E-state index contributed by atoms with van der Waals surface area (Å²) in [4.78, 5) is 15.4. The van der Waals surface area contributed by atoms with Gasteiger partial charge in [0.25, 0.3) is 0 Å².